The fraction of sp³-hybridized carbons (Fsp3) is 0.440. The minimum atomic E-state index is -0.0428. The molecule has 0 aliphatic carbocycles. The molecule has 33 heavy (non-hydrogen) atoms. The topological polar surface area (TPSA) is 68.9 Å². The minimum Gasteiger partial charge on any atom is -0.378 e. The Hall–Kier alpha value is -2.61. The van der Waals surface area contributed by atoms with Crippen molar-refractivity contribution < 1.29 is 14.3 Å². The van der Waals surface area contributed by atoms with Crippen LogP contribution in [0.4, 0.5) is 5.69 Å². The van der Waals surface area contributed by atoms with Crippen molar-refractivity contribution in [3.8, 4) is 0 Å². The minimum absolute atomic E-state index is 0.000653. The maximum Gasteiger partial charge on any atom is 0.259 e. The van der Waals surface area contributed by atoms with Gasteiger partial charge in [0.05, 0.1) is 30.0 Å². The predicted octanol–water partition coefficient (Wildman–Crippen LogP) is 3.60. The molecular weight excluding hydrogens is 440 g/mol. The fourth-order valence-corrected chi connectivity index (χ4v) is 4.72. The van der Waals surface area contributed by atoms with E-state index in [1.165, 1.54) is 0 Å². The number of nitrogens with zero attached hydrogens (tertiary/aromatic N) is 3. The van der Waals surface area contributed by atoms with Gasteiger partial charge in [0.2, 0.25) is 0 Å². The van der Waals surface area contributed by atoms with E-state index < -0.39 is 0 Å². The summed E-state index contributed by atoms with van der Waals surface area (Å²) in [6.45, 7) is 7.65. The number of fused-ring (bicyclic) bond motifs is 1. The lowest BCUT2D eigenvalue weighted by atomic mass is 10.0. The highest BCUT2D eigenvalue weighted by Gasteiger charge is 2.33. The van der Waals surface area contributed by atoms with Crippen LogP contribution in [0.5, 0.6) is 0 Å². The second-order valence-electron chi connectivity index (χ2n) is 8.90. The van der Waals surface area contributed by atoms with E-state index in [0.717, 1.165) is 41.2 Å². The molecule has 0 atom stereocenters. The number of aromatic nitrogens is 1. The lowest BCUT2D eigenvalue weighted by Crippen LogP contribution is -2.41. The summed E-state index contributed by atoms with van der Waals surface area (Å²) in [6.07, 6.45) is 2.73. The monoisotopic (exact) mass is 470 g/mol. The Labute approximate surface area is 199 Å². The van der Waals surface area contributed by atoms with E-state index in [1.54, 1.807) is 0 Å². The molecule has 0 saturated carbocycles. The summed E-state index contributed by atoms with van der Waals surface area (Å²) in [5, 5.41) is 0.588. The average molecular weight is 471 g/mol. The first-order chi connectivity index (χ1) is 15.8. The van der Waals surface area contributed by atoms with Crippen LogP contribution in [0, 0.1) is 13.8 Å². The number of benzene rings is 1. The van der Waals surface area contributed by atoms with E-state index in [0.29, 0.717) is 49.0 Å². The number of morpholine rings is 1. The number of carbonyl (C=O) groups is 2. The molecule has 0 spiro atoms. The molecule has 0 radical (unpaired) electrons. The summed E-state index contributed by atoms with van der Waals surface area (Å²) in [4.78, 5) is 35.7. The molecular formula is C25H31ClN4O3. The Morgan fingerprint density at radius 2 is 1.97 bits per heavy atom. The summed E-state index contributed by atoms with van der Waals surface area (Å²) in [5.41, 5.74) is 5.38. The van der Waals surface area contributed by atoms with Crippen molar-refractivity contribution in [2.75, 3.05) is 58.4 Å². The molecule has 1 N–H and O–H groups in total. The van der Waals surface area contributed by atoms with E-state index in [2.05, 4.69) is 9.88 Å². The van der Waals surface area contributed by atoms with Gasteiger partial charge in [-0.05, 0) is 70.7 Å². The summed E-state index contributed by atoms with van der Waals surface area (Å²) >= 11 is 6.29. The molecule has 1 saturated heterocycles. The van der Waals surface area contributed by atoms with Crippen molar-refractivity contribution >= 4 is 40.8 Å². The van der Waals surface area contributed by atoms with Gasteiger partial charge in [0, 0.05) is 41.6 Å². The second-order valence-corrected chi connectivity index (χ2v) is 9.34. The van der Waals surface area contributed by atoms with Crippen molar-refractivity contribution in [1.82, 2.24) is 14.8 Å². The highest BCUT2D eigenvalue weighted by molar-refractivity contribution is 6.37. The summed E-state index contributed by atoms with van der Waals surface area (Å²) in [6, 6.07) is 5.57. The molecule has 0 bridgehead atoms. The van der Waals surface area contributed by atoms with Crippen LogP contribution in [0.25, 0.3) is 11.6 Å². The third-order valence-electron chi connectivity index (χ3n) is 6.28. The number of carbonyl (C=O) groups excluding carboxylic acids is 2. The quantitative estimate of drug-likeness (QED) is 0.655. The van der Waals surface area contributed by atoms with Gasteiger partial charge in [0.1, 0.15) is 0 Å². The second kappa shape index (κ2) is 9.71. The van der Waals surface area contributed by atoms with Crippen molar-refractivity contribution in [3.63, 3.8) is 0 Å². The number of aromatic amines is 1. The van der Waals surface area contributed by atoms with Gasteiger partial charge in [0.25, 0.3) is 11.8 Å². The normalized spacial score (nSPS) is 17.4. The Morgan fingerprint density at radius 1 is 1.24 bits per heavy atom. The van der Waals surface area contributed by atoms with E-state index in [1.807, 2.05) is 62.0 Å². The molecule has 2 aliphatic heterocycles. The van der Waals surface area contributed by atoms with Gasteiger partial charge >= 0.3 is 0 Å². The van der Waals surface area contributed by atoms with E-state index in [-0.39, 0.29) is 11.8 Å². The molecule has 4 rings (SSSR count). The maximum absolute atomic E-state index is 13.4. The molecule has 3 heterocycles. The number of hydrogen-bond acceptors (Lipinski definition) is 4. The van der Waals surface area contributed by atoms with Crippen molar-refractivity contribution in [2.45, 2.75) is 20.3 Å². The van der Waals surface area contributed by atoms with Crippen LogP contribution in [-0.2, 0) is 9.53 Å². The number of aryl methyl sites for hydroxylation is 1. The molecule has 1 aromatic heterocycles. The zero-order chi connectivity index (χ0) is 23.7. The van der Waals surface area contributed by atoms with Crippen molar-refractivity contribution in [3.05, 3.63) is 51.3 Å². The van der Waals surface area contributed by atoms with E-state index in [9.17, 15) is 9.59 Å². The van der Waals surface area contributed by atoms with Gasteiger partial charge in [-0.25, -0.2) is 0 Å². The van der Waals surface area contributed by atoms with Crippen LogP contribution in [0.3, 0.4) is 0 Å². The van der Waals surface area contributed by atoms with Crippen molar-refractivity contribution in [1.29, 1.82) is 0 Å². The zero-order valence-electron chi connectivity index (χ0n) is 19.7. The smallest absolute Gasteiger partial charge is 0.259 e. The van der Waals surface area contributed by atoms with Crippen molar-refractivity contribution in [2.24, 2.45) is 0 Å². The predicted molar refractivity (Wildman–Crippen MR) is 132 cm³/mol. The number of anilines is 1. The number of ether oxygens (including phenoxy) is 1. The standard InChI is InChI=1S/C25H31ClN4O3/c1-16-21(27-17(2)23(16)25(32)29-10-12-33-13-11-29)15-20-19-14-18(26)6-7-22(19)30(24(20)31)9-5-8-28(3)4/h6-7,14-15,27H,5,8-13H2,1-4H3/b20-15-. The lowest BCUT2D eigenvalue weighted by Gasteiger charge is -2.27. The summed E-state index contributed by atoms with van der Waals surface area (Å²) in [7, 11) is 4.05. The Balaban J connectivity index is 1.68. The van der Waals surface area contributed by atoms with Crippen LogP contribution in [0.2, 0.25) is 5.02 Å². The Morgan fingerprint density at radius 3 is 2.67 bits per heavy atom. The number of H-pyrrole nitrogens is 1. The number of rotatable bonds is 6. The molecule has 2 amide bonds. The molecule has 2 aliphatic rings. The fourth-order valence-electron chi connectivity index (χ4n) is 4.54. The summed E-state index contributed by atoms with van der Waals surface area (Å²) in [5.74, 6) is -0.0422. The maximum atomic E-state index is 13.4. The van der Waals surface area contributed by atoms with Gasteiger partial charge in [-0.3, -0.25) is 9.59 Å². The molecule has 2 aromatic rings. The van der Waals surface area contributed by atoms with Crippen LogP contribution in [0.1, 0.15) is 39.3 Å². The molecule has 1 fully saturated rings. The SMILES string of the molecule is Cc1[nH]c(/C=C2\C(=O)N(CCCN(C)C)c3ccc(Cl)cc32)c(C)c1C(=O)N1CCOCC1. The molecule has 7 nitrogen and oxygen atoms in total. The molecule has 0 unspecified atom stereocenters. The number of amides is 2. The van der Waals surface area contributed by atoms with Gasteiger partial charge in [-0.2, -0.15) is 0 Å². The highest BCUT2D eigenvalue weighted by Crippen LogP contribution is 2.40. The number of hydrogen-bond donors (Lipinski definition) is 1. The third-order valence-corrected chi connectivity index (χ3v) is 6.51. The average Bonchev–Trinajstić information content (AvgIpc) is 3.21. The van der Waals surface area contributed by atoms with Gasteiger partial charge < -0.3 is 24.4 Å². The van der Waals surface area contributed by atoms with Crippen LogP contribution < -0.4 is 4.90 Å². The third kappa shape index (κ3) is 4.71. The van der Waals surface area contributed by atoms with Crippen LogP contribution in [-0.4, -0.2) is 80.1 Å². The summed E-state index contributed by atoms with van der Waals surface area (Å²) < 4.78 is 5.38. The lowest BCUT2D eigenvalue weighted by molar-refractivity contribution is -0.113. The largest absolute Gasteiger partial charge is 0.378 e. The first-order valence-electron chi connectivity index (χ1n) is 11.3. The first-order valence-corrected chi connectivity index (χ1v) is 11.7. The zero-order valence-corrected chi connectivity index (χ0v) is 20.5. The van der Waals surface area contributed by atoms with Gasteiger partial charge in [-0.1, -0.05) is 11.6 Å². The molecule has 8 heteroatoms. The Bertz CT molecular complexity index is 1100. The highest BCUT2D eigenvalue weighted by atomic mass is 35.5. The first kappa shape index (κ1) is 23.5. The molecule has 176 valence electrons. The van der Waals surface area contributed by atoms with Crippen LogP contribution in [0.15, 0.2) is 18.2 Å². The Kier molecular flexibility index (Phi) is 6.93. The van der Waals surface area contributed by atoms with Gasteiger partial charge in [0.15, 0.2) is 0 Å². The van der Waals surface area contributed by atoms with Crippen LogP contribution >= 0.6 is 11.6 Å². The van der Waals surface area contributed by atoms with Gasteiger partial charge in [-0.15, -0.1) is 0 Å². The van der Waals surface area contributed by atoms with E-state index >= 15 is 0 Å². The molecule has 1 aromatic carbocycles. The number of nitrogens with one attached hydrogen (secondary N) is 1. The van der Waals surface area contributed by atoms with E-state index in [4.69, 9.17) is 16.3 Å². The number of halogens is 1.